The summed E-state index contributed by atoms with van der Waals surface area (Å²) in [7, 11) is 1.45. The Labute approximate surface area is 149 Å². The number of benzene rings is 2. The first kappa shape index (κ1) is 18.1. The van der Waals surface area contributed by atoms with Crippen LogP contribution in [-0.2, 0) is 4.74 Å². The molecule has 126 valence electrons. The molecular weight excluding hydrogens is 353 g/mol. The van der Waals surface area contributed by atoms with Crippen LogP contribution in [0.25, 0.3) is 0 Å². The summed E-state index contributed by atoms with van der Waals surface area (Å²) >= 11 is 12.0. The van der Waals surface area contributed by atoms with Gasteiger partial charge in [-0.05, 0) is 43.3 Å². The first-order chi connectivity index (χ1) is 11.5. The van der Waals surface area contributed by atoms with Gasteiger partial charge in [-0.15, -0.1) is 0 Å². The monoisotopic (exact) mass is 367 g/mol. The van der Waals surface area contributed by atoms with Gasteiger partial charge in [0, 0.05) is 5.02 Å². The van der Waals surface area contributed by atoms with Crippen LogP contribution in [0.2, 0.25) is 10.0 Å². The molecule has 0 aliphatic heterocycles. The highest BCUT2D eigenvalue weighted by Gasteiger charge is 2.15. The molecule has 0 bridgehead atoms. The van der Waals surface area contributed by atoms with E-state index >= 15 is 0 Å². The van der Waals surface area contributed by atoms with E-state index in [-0.39, 0.29) is 11.6 Å². The average molecular weight is 368 g/mol. The normalized spacial score (nSPS) is 10.2. The van der Waals surface area contributed by atoms with E-state index in [1.165, 1.54) is 25.3 Å². The molecule has 0 unspecified atom stereocenters. The zero-order chi connectivity index (χ0) is 17.7. The summed E-state index contributed by atoms with van der Waals surface area (Å²) in [5.74, 6) is -0.537. The predicted octanol–water partition coefficient (Wildman–Crippen LogP) is 4.43. The minimum absolute atomic E-state index is 0.224. The van der Waals surface area contributed by atoms with Gasteiger partial charge in [-0.25, -0.2) is 4.79 Å². The van der Waals surface area contributed by atoms with Crippen molar-refractivity contribution >= 4 is 40.8 Å². The molecule has 0 aromatic heterocycles. The van der Waals surface area contributed by atoms with Gasteiger partial charge in [0.05, 0.1) is 35.6 Å². The van der Waals surface area contributed by atoms with Crippen LogP contribution in [0.4, 0.5) is 5.69 Å². The third-order valence-electron chi connectivity index (χ3n) is 3.14. The van der Waals surface area contributed by atoms with Crippen LogP contribution in [0.1, 0.15) is 27.6 Å². The lowest BCUT2D eigenvalue weighted by atomic mass is 10.1. The highest BCUT2D eigenvalue weighted by molar-refractivity contribution is 6.34. The van der Waals surface area contributed by atoms with Gasteiger partial charge in [0.25, 0.3) is 5.91 Å². The van der Waals surface area contributed by atoms with Crippen LogP contribution in [0.15, 0.2) is 36.4 Å². The van der Waals surface area contributed by atoms with Crippen molar-refractivity contribution in [3.8, 4) is 5.75 Å². The Balaban J connectivity index is 2.22. The Hall–Kier alpha value is -2.24. The molecule has 0 atom stereocenters. The van der Waals surface area contributed by atoms with Crippen LogP contribution in [0.5, 0.6) is 5.75 Å². The lowest BCUT2D eigenvalue weighted by molar-refractivity contribution is 0.0526. The highest BCUT2D eigenvalue weighted by atomic mass is 35.5. The number of esters is 1. The van der Waals surface area contributed by atoms with E-state index in [1.807, 2.05) is 0 Å². The van der Waals surface area contributed by atoms with Crippen molar-refractivity contribution in [3.05, 3.63) is 57.6 Å². The topological polar surface area (TPSA) is 64.6 Å². The second kappa shape index (κ2) is 8.04. The van der Waals surface area contributed by atoms with Crippen molar-refractivity contribution in [2.24, 2.45) is 0 Å². The molecule has 2 aromatic carbocycles. The molecule has 0 radical (unpaired) electrons. The Morgan fingerprint density at radius 2 is 1.88 bits per heavy atom. The van der Waals surface area contributed by atoms with Crippen molar-refractivity contribution in [2.45, 2.75) is 6.92 Å². The third-order valence-corrected chi connectivity index (χ3v) is 3.68. The van der Waals surface area contributed by atoms with E-state index in [9.17, 15) is 9.59 Å². The van der Waals surface area contributed by atoms with Crippen molar-refractivity contribution in [3.63, 3.8) is 0 Å². The molecule has 0 aliphatic carbocycles. The van der Waals surface area contributed by atoms with Crippen LogP contribution in [0, 0.1) is 0 Å². The smallest absolute Gasteiger partial charge is 0.338 e. The SMILES string of the molecule is CCOC(=O)c1ccc(NC(=O)c2ccc(Cl)cc2OC)c(Cl)c1. The summed E-state index contributed by atoms with van der Waals surface area (Å²) in [6.45, 7) is 1.99. The van der Waals surface area contributed by atoms with Gasteiger partial charge in [0.2, 0.25) is 0 Å². The average Bonchev–Trinajstić information content (AvgIpc) is 2.56. The summed E-state index contributed by atoms with van der Waals surface area (Å²) in [4.78, 5) is 24.1. The van der Waals surface area contributed by atoms with Gasteiger partial charge < -0.3 is 14.8 Å². The minimum Gasteiger partial charge on any atom is -0.496 e. The number of methoxy groups -OCH3 is 1. The fourth-order valence-electron chi connectivity index (χ4n) is 2.00. The predicted molar refractivity (Wildman–Crippen MR) is 93.4 cm³/mol. The van der Waals surface area contributed by atoms with Gasteiger partial charge >= 0.3 is 5.97 Å². The third kappa shape index (κ3) is 4.19. The van der Waals surface area contributed by atoms with Crippen LogP contribution >= 0.6 is 23.2 Å². The Kier molecular flexibility index (Phi) is 6.06. The Morgan fingerprint density at radius 1 is 1.12 bits per heavy atom. The lowest BCUT2D eigenvalue weighted by Crippen LogP contribution is -2.14. The van der Waals surface area contributed by atoms with Gasteiger partial charge in [-0.3, -0.25) is 4.79 Å². The summed E-state index contributed by atoms with van der Waals surface area (Å²) in [5, 5.41) is 3.36. The zero-order valence-electron chi connectivity index (χ0n) is 13.1. The molecule has 0 spiro atoms. The molecule has 5 nitrogen and oxygen atoms in total. The maximum absolute atomic E-state index is 12.4. The summed E-state index contributed by atoms with van der Waals surface area (Å²) in [5.41, 5.74) is 0.989. The molecule has 24 heavy (non-hydrogen) atoms. The van der Waals surface area contributed by atoms with E-state index in [1.54, 1.807) is 25.1 Å². The van der Waals surface area contributed by atoms with Crippen LogP contribution in [-0.4, -0.2) is 25.6 Å². The zero-order valence-corrected chi connectivity index (χ0v) is 14.6. The summed E-state index contributed by atoms with van der Waals surface area (Å²) in [6, 6.07) is 9.19. The molecule has 1 N–H and O–H groups in total. The molecule has 0 saturated heterocycles. The van der Waals surface area contributed by atoms with Crippen molar-refractivity contribution in [1.29, 1.82) is 0 Å². The lowest BCUT2D eigenvalue weighted by Gasteiger charge is -2.11. The number of rotatable bonds is 5. The quantitative estimate of drug-likeness (QED) is 0.793. The molecule has 2 aromatic rings. The number of carbonyl (C=O) groups is 2. The first-order valence-corrected chi connectivity index (χ1v) is 7.83. The fraction of sp³-hybridized carbons (Fsp3) is 0.176. The second-order valence-corrected chi connectivity index (χ2v) is 5.56. The second-order valence-electron chi connectivity index (χ2n) is 4.71. The van der Waals surface area contributed by atoms with Crippen molar-refractivity contribution < 1.29 is 19.1 Å². The molecule has 2 rings (SSSR count). The van der Waals surface area contributed by atoms with E-state index in [2.05, 4.69) is 5.32 Å². The Bertz CT molecular complexity index is 777. The fourth-order valence-corrected chi connectivity index (χ4v) is 2.39. The molecule has 0 aliphatic rings. The van der Waals surface area contributed by atoms with Gasteiger partial charge in [0.1, 0.15) is 5.75 Å². The maximum atomic E-state index is 12.4. The number of carbonyl (C=O) groups excluding carboxylic acids is 2. The summed E-state index contributed by atoms with van der Waals surface area (Å²) < 4.78 is 10.1. The van der Waals surface area contributed by atoms with Gasteiger partial charge in [0.15, 0.2) is 0 Å². The number of amides is 1. The maximum Gasteiger partial charge on any atom is 0.338 e. The molecular formula is C17H15Cl2NO4. The Morgan fingerprint density at radius 3 is 2.50 bits per heavy atom. The van der Waals surface area contributed by atoms with E-state index < -0.39 is 11.9 Å². The number of hydrogen-bond donors (Lipinski definition) is 1. The van der Waals surface area contributed by atoms with Gasteiger partial charge in [-0.2, -0.15) is 0 Å². The molecule has 0 heterocycles. The summed E-state index contributed by atoms with van der Waals surface area (Å²) in [6.07, 6.45) is 0. The van der Waals surface area contributed by atoms with E-state index in [0.29, 0.717) is 27.6 Å². The molecule has 7 heteroatoms. The van der Waals surface area contributed by atoms with E-state index in [0.717, 1.165) is 0 Å². The van der Waals surface area contributed by atoms with Crippen LogP contribution in [0.3, 0.4) is 0 Å². The first-order valence-electron chi connectivity index (χ1n) is 7.07. The molecule has 0 saturated carbocycles. The molecule has 1 amide bonds. The van der Waals surface area contributed by atoms with Gasteiger partial charge in [-0.1, -0.05) is 23.2 Å². The number of anilines is 1. The minimum atomic E-state index is -0.475. The van der Waals surface area contributed by atoms with Crippen molar-refractivity contribution in [1.82, 2.24) is 0 Å². The molecule has 0 fully saturated rings. The van der Waals surface area contributed by atoms with Crippen LogP contribution < -0.4 is 10.1 Å². The number of hydrogen-bond acceptors (Lipinski definition) is 4. The van der Waals surface area contributed by atoms with Crippen molar-refractivity contribution in [2.75, 3.05) is 19.0 Å². The largest absolute Gasteiger partial charge is 0.496 e. The number of ether oxygens (including phenoxy) is 2. The number of halogens is 2. The standard InChI is InChI=1S/C17H15Cl2NO4/c1-3-24-17(22)10-4-7-14(13(19)8-10)20-16(21)12-6-5-11(18)9-15(12)23-2/h4-9H,3H2,1-2H3,(H,20,21). The number of nitrogens with one attached hydrogen (secondary N) is 1. The highest BCUT2D eigenvalue weighted by Crippen LogP contribution is 2.27. The van der Waals surface area contributed by atoms with E-state index in [4.69, 9.17) is 32.7 Å².